The predicted molar refractivity (Wildman–Crippen MR) is 67.8 cm³/mol. The Bertz CT molecular complexity index is 509. The van der Waals surface area contributed by atoms with Crippen molar-refractivity contribution in [3.8, 4) is 0 Å². The maximum Gasteiger partial charge on any atom is 0.328 e. The number of benzene rings is 1. The van der Waals surface area contributed by atoms with Crippen LogP contribution < -0.4 is 10.6 Å². The van der Waals surface area contributed by atoms with Crippen molar-refractivity contribution in [2.75, 3.05) is 11.9 Å². The van der Waals surface area contributed by atoms with Crippen LogP contribution in [0.5, 0.6) is 0 Å². The molecule has 5 nitrogen and oxygen atoms in total. The molecule has 0 radical (unpaired) electrons. The van der Waals surface area contributed by atoms with Crippen LogP contribution >= 0.6 is 0 Å². The van der Waals surface area contributed by atoms with Crippen molar-refractivity contribution in [3.63, 3.8) is 0 Å². The van der Waals surface area contributed by atoms with Crippen LogP contribution in [0.1, 0.15) is 29.8 Å². The molecule has 1 amide bonds. The third-order valence-electron chi connectivity index (χ3n) is 3.04. The van der Waals surface area contributed by atoms with E-state index in [4.69, 9.17) is 5.11 Å². The monoisotopic (exact) mass is 248 g/mol. The molecule has 0 atom stereocenters. The van der Waals surface area contributed by atoms with Crippen molar-refractivity contribution in [2.45, 2.75) is 25.8 Å². The van der Waals surface area contributed by atoms with Gasteiger partial charge in [-0.05, 0) is 38.0 Å². The third kappa shape index (κ3) is 2.30. The number of anilines is 1. The molecule has 0 aliphatic carbocycles. The molecule has 5 heteroatoms. The average molecular weight is 248 g/mol. The third-order valence-corrected chi connectivity index (χ3v) is 3.04. The zero-order chi connectivity index (χ0) is 13.3. The van der Waals surface area contributed by atoms with Gasteiger partial charge in [0, 0.05) is 17.8 Å². The molecule has 1 aliphatic heterocycles. The summed E-state index contributed by atoms with van der Waals surface area (Å²) in [7, 11) is 0. The van der Waals surface area contributed by atoms with E-state index in [1.54, 1.807) is 12.1 Å². The normalized spacial score (nSPS) is 13.7. The largest absolute Gasteiger partial charge is 0.480 e. The van der Waals surface area contributed by atoms with Gasteiger partial charge in [0.1, 0.15) is 5.54 Å². The summed E-state index contributed by atoms with van der Waals surface area (Å²) in [6, 6.07) is 5.38. The van der Waals surface area contributed by atoms with E-state index in [0.29, 0.717) is 5.56 Å². The standard InChI is InChI=1S/C13H16N2O3/c1-13(2,12(17)18)15-11(16)9-4-3-8-5-6-14-10(8)7-9/h3-4,7,14H,5-6H2,1-2H3,(H,15,16)(H,17,18). The number of aliphatic carboxylic acids is 1. The molecule has 96 valence electrons. The van der Waals surface area contributed by atoms with E-state index < -0.39 is 11.5 Å². The van der Waals surface area contributed by atoms with E-state index in [9.17, 15) is 9.59 Å². The van der Waals surface area contributed by atoms with Gasteiger partial charge in [-0.1, -0.05) is 6.07 Å². The molecule has 0 saturated heterocycles. The fraction of sp³-hybridized carbons (Fsp3) is 0.385. The van der Waals surface area contributed by atoms with Crippen LogP contribution in [0.3, 0.4) is 0 Å². The number of carboxylic acids is 1. The second kappa shape index (κ2) is 4.33. The fourth-order valence-electron chi connectivity index (χ4n) is 1.84. The lowest BCUT2D eigenvalue weighted by atomic mass is 10.0. The predicted octanol–water partition coefficient (Wildman–Crippen LogP) is 1.25. The van der Waals surface area contributed by atoms with Crippen LogP contribution in [0.4, 0.5) is 5.69 Å². The number of hydrogen-bond acceptors (Lipinski definition) is 3. The maximum absolute atomic E-state index is 12.0. The quantitative estimate of drug-likeness (QED) is 0.752. The van der Waals surface area contributed by atoms with Crippen molar-refractivity contribution >= 4 is 17.6 Å². The first-order chi connectivity index (χ1) is 8.40. The topological polar surface area (TPSA) is 78.4 Å². The van der Waals surface area contributed by atoms with Gasteiger partial charge in [0.05, 0.1) is 0 Å². The first kappa shape index (κ1) is 12.4. The first-order valence-electron chi connectivity index (χ1n) is 5.83. The Morgan fingerprint density at radius 1 is 1.39 bits per heavy atom. The zero-order valence-corrected chi connectivity index (χ0v) is 10.4. The smallest absolute Gasteiger partial charge is 0.328 e. The van der Waals surface area contributed by atoms with E-state index in [1.807, 2.05) is 6.07 Å². The number of nitrogens with one attached hydrogen (secondary N) is 2. The molecular weight excluding hydrogens is 232 g/mol. The summed E-state index contributed by atoms with van der Waals surface area (Å²) in [5.74, 6) is -1.44. The number of rotatable bonds is 3. The van der Waals surface area contributed by atoms with Crippen LogP contribution in [0.2, 0.25) is 0 Å². The van der Waals surface area contributed by atoms with Crippen LogP contribution in [-0.4, -0.2) is 29.1 Å². The molecule has 3 N–H and O–H groups in total. The number of hydrogen-bond donors (Lipinski definition) is 3. The lowest BCUT2D eigenvalue weighted by Crippen LogP contribution is -2.49. The van der Waals surface area contributed by atoms with Gasteiger partial charge in [-0.3, -0.25) is 4.79 Å². The number of carbonyl (C=O) groups is 2. The Kier molecular flexibility index (Phi) is 2.98. The molecule has 1 heterocycles. The molecule has 0 bridgehead atoms. The van der Waals surface area contributed by atoms with Crippen molar-refractivity contribution < 1.29 is 14.7 Å². The van der Waals surface area contributed by atoms with Gasteiger partial charge in [-0.25, -0.2) is 4.79 Å². The maximum atomic E-state index is 12.0. The molecule has 1 aromatic rings. The Balaban J connectivity index is 2.17. The molecule has 0 spiro atoms. The van der Waals surface area contributed by atoms with Crippen molar-refractivity contribution in [1.82, 2.24) is 5.32 Å². The number of carboxylic acid groups (broad SMARTS) is 1. The minimum atomic E-state index is -1.27. The molecule has 18 heavy (non-hydrogen) atoms. The van der Waals surface area contributed by atoms with Gasteiger partial charge in [0.25, 0.3) is 5.91 Å². The van der Waals surface area contributed by atoms with Crippen LogP contribution in [0.15, 0.2) is 18.2 Å². The van der Waals surface area contributed by atoms with Gasteiger partial charge in [-0.2, -0.15) is 0 Å². The Morgan fingerprint density at radius 2 is 2.11 bits per heavy atom. The fourth-order valence-corrected chi connectivity index (χ4v) is 1.84. The first-order valence-corrected chi connectivity index (χ1v) is 5.83. The van der Waals surface area contributed by atoms with Gasteiger partial charge >= 0.3 is 5.97 Å². The number of carbonyl (C=O) groups excluding carboxylic acids is 1. The Morgan fingerprint density at radius 3 is 2.78 bits per heavy atom. The van der Waals surface area contributed by atoms with E-state index in [2.05, 4.69) is 10.6 Å². The summed E-state index contributed by atoms with van der Waals surface area (Å²) in [6.45, 7) is 3.79. The average Bonchev–Trinajstić information content (AvgIpc) is 2.74. The molecule has 1 aliphatic rings. The van der Waals surface area contributed by atoms with Crippen LogP contribution in [0, 0.1) is 0 Å². The summed E-state index contributed by atoms with van der Waals surface area (Å²) >= 11 is 0. The highest BCUT2D eigenvalue weighted by Crippen LogP contribution is 2.23. The van der Waals surface area contributed by atoms with Crippen molar-refractivity contribution in [2.24, 2.45) is 0 Å². The van der Waals surface area contributed by atoms with Gasteiger partial charge in [0.2, 0.25) is 0 Å². The highest BCUT2D eigenvalue weighted by Gasteiger charge is 2.29. The second-order valence-electron chi connectivity index (χ2n) is 4.93. The lowest BCUT2D eigenvalue weighted by molar-refractivity contribution is -0.143. The molecule has 0 fully saturated rings. The molecular formula is C13H16N2O3. The summed E-state index contributed by atoms with van der Waals surface area (Å²) < 4.78 is 0. The zero-order valence-electron chi connectivity index (χ0n) is 10.4. The Hall–Kier alpha value is -2.04. The van der Waals surface area contributed by atoms with E-state index >= 15 is 0 Å². The highest BCUT2D eigenvalue weighted by molar-refractivity contribution is 5.98. The lowest BCUT2D eigenvalue weighted by Gasteiger charge is -2.21. The second-order valence-corrected chi connectivity index (χ2v) is 4.93. The van der Waals surface area contributed by atoms with Crippen LogP contribution in [0.25, 0.3) is 0 Å². The van der Waals surface area contributed by atoms with E-state index in [1.165, 1.54) is 19.4 Å². The SMILES string of the molecule is CC(C)(NC(=O)c1ccc2c(c1)NCC2)C(=O)O. The van der Waals surface area contributed by atoms with Crippen molar-refractivity contribution in [3.05, 3.63) is 29.3 Å². The van der Waals surface area contributed by atoms with E-state index in [0.717, 1.165) is 18.7 Å². The number of amides is 1. The summed E-state index contributed by atoms with van der Waals surface area (Å²) in [5.41, 5.74) is 1.33. The molecule has 0 aromatic heterocycles. The van der Waals surface area contributed by atoms with Crippen LogP contribution in [-0.2, 0) is 11.2 Å². The summed E-state index contributed by atoms with van der Waals surface area (Å²) in [6.07, 6.45) is 0.956. The summed E-state index contributed by atoms with van der Waals surface area (Å²) in [5, 5.41) is 14.6. The van der Waals surface area contributed by atoms with Gasteiger partial charge < -0.3 is 15.7 Å². The Labute approximate surface area is 105 Å². The van der Waals surface area contributed by atoms with Crippen molar-refractivity contribution in [1.29, 1.82) is 0 Å². The number of fused-ring (bicyclic) bond motifs is 1. The minimum Gasteiger partial charge on any atom is -0.480 e. The minimum absolute atomic E-state index is 0.376. The van der Waals surface area contributed by atoms with Gasteiger partial charge in [-0.15, -0.1) is 0 Å². The molecule has 1 aromatic carbocycles. The molecule has 0 saturated carbocycles. The van der Waals surface area contributed by atoms with E-state index in [-0.39, 0.29) is 5.91 Å². The molecule has 0 unspecified atom stereocenters. The molecule has 2 rings (SSSR count). The van der Waals surface area contributed by atoms with Gasteiger partial charge in [0.15, 0.2) is 0 Å². The highest BCUT2D eigenvalue weighted by atomic mass is 16.4. The summed E-state index contributed by atoms with van der Waals surface area (Å²) in [4.78, 5) is 22.9.